The van der Waals surface area contributed by atoms with Crippen molar-refractivity contribution in [3.05, 3.63) is 71.5 Å². The van der Waals surface area contributed by atoms with E-state index in [0.29, 0.717) is 11.4 Å². The average Bonchev–Trinajstić information content (AvgIpc) is 3.41. The third-order valence-corrected chi connectivity index (χ3v) is 5.79. The Bertz CT molecular complexity index is 1220. The lowest BCUT2D eigenvalue weighted by molar-refractivity contribution is -0.128. The van der Waals surface area contributed by atoms with Crippen molar-refractivity contribution in [1.82, 2.24) is 9.78 Å². The highest BCUT2D eigenvalue weighted by Crippen LogP contribution is 2.31. The SMILES string of the molecule is C[C@@H](OC(=O)c1nn(-c2ccccc2)c2c1CCC2)C(=O)N1CC(=O)Nc2ccccc21. The molecule has 1 aromatic heterocycles. The number of carbonyl (C=O) groups excluding carboxylic acids is 3. The van der Waals surface area contributed by atoms with Gasteiger partial charge in [-0.15, -0.1) is 0 Å². The third kappa shape index (κ3) is 3.43. The highest BCUT2D eigenvalue weighted by molar-refractivity contribution is 6.11. The Hall–Kier alpha value is -3.94. The predicted molar refractivity (Wildman–Crippen MR) is 118 cm³/mol. The summed E-state index contributed by atoms with van der Waals surface area (Å²) < 4.78 is 7.33. The Kier molecular flexibility index (Phi) is 4.97. The number of ether oxygens (including phenoxy) is 1. The molecule has 5 rings (SSSR count). The monoisotopic (exact) mass is 430 g/mol. The van der Waals surface area contributed by atoms with E-state index in [1.807, 2.05) is 30.3 Å². The topological polar surface area (TPSA) is 93.5 Å². The van der Waals surface area contributed by atoms with E-state index in [2.05, 4.69) is 10.4 Å². The first-order chi connectivity index (χ1) is 15.5. The number of nitrogens with one attached hydrogen (secondary N) is 1. The van der Waals surface area contributed by atoms with Gasteiger partial charge in [-0.25, -0.2) is 9.48 Å². The fraction of sp³-hybridized carbons (Fsp3) is 0.250. The van der Waals surface area contributed by atoms with Crippen molar-refractivity contribution in [2.75, 3.05) is 16.8 Å². The zero-order chi connectivity index (χ0) is 22.2. The number of anilines is 2. The standard InChI is InChI=1S/C24H22N4O4/c1-15(23(30)27-14-21(29)25-18-11-5-6-12-20(18)27)32-24(31)22-17-10-7-13-19(17)28(26-22)16-8-3-2-4-9-16/h2-6,8-9,11-12,15H,7,10,13-14H2,1H3,(H,25,29)/t15-/m1/s1. The van der Waals surface area contributed by atoms with Gasteiger partial charge in [0.15, 0.2) is 11.8 Å². The lowest BCUT2D eigenvalue weighted by Crippen LogP contribution is -2.47. The van der Waals surface area contributed by atoms with Gasteiger partial charge in [0.1, 0.15) is 6.54 Å². The maximum absolute atomic E-state index is 13.1. The quantitative estimate of drug-likeness (QED) is 0.643. The Morgan fingerprint density at radius 2 is 1.81 bits per heavy atom. The summed E-state index contributed by atoms with van der Waals surface area (Å²) in [5.41, 5.74) is 4.14. The van der Waals surface area contributed by atoms with Gasteiger partial charge in [0.2, 0.25) is 5.91 Å². The van der Waals surface area contributed by atoms with Gasteiger partial charge in [-0.1, -0.05) is 30.3 Å². The van der Waals surface area contributed by atoms with E-state index in [9.17, 15) is 14.4 Å². The van der Waals surface area contributed by atoms with E-state index in [0.717, 1.165) is 36.2 Å². The summed E-state index contributed by atoms with van der Waals surface area (Å²) >= 11 is 0. The molecule has 0 bridgehead atoms. The number of hydrogen-bond acceptors (Lipinski definition) is 5. The van der Waals surface area contributed by atoms with Gasteiger partial charge in [0.25, 0.3) is 5.91 Å². The molecule has 2 amide bonds. The maximum atomic E-state index is 13.1. The number of carbonyl (C=O) groups is 3. The second-order valence-corrected chi connectivity index (χ2v) is 7.91. The average molecular weight is 430 g/mol. The van der Waals surface area contributed by atoms with Crippen LogP contribution in [-0.2, 0) is 27.2 Å². The molecule has 32 heavy (non-hydrogen) atoms. The van der Waals surface area contributed by atoms with Gasteiger partial charge in [-0.2, -0.15) is 5.10 Å². The molecule has 2 aliphatic rings. The second kappa shape index (κ2) is 7.96. The van der Waals surface area contributed by atoms with Crippen molar-refractivity contribution in [2.24, 2.45) is 0 Å². The van der Waals surface area contributed by atoms with Crippen molar-refractivity contribution >= 4 is 29.2 Å². The zero-order valence-corrected chi connectivity index (χ0v) is 17.6. The molecule has 2 heterocycles. The Morgan fingerprint density at radius 1 is 1.06 bits per heavy atom. The van der Waals surface area contributed by atoms with Crippen molar-refractivity contribution < 1.29 is 19.1 Å². The van der Waals surface area contributed by atoms with Gasteiger partial charge < -0.3 is 10.1 Å². The molecule has 8 heteroatoms. The number of fused-ring (bicyclic) bond motifs is 2. The molecule has 0 radical (unpaired) electrons. The minimum atomic E-state index is -1.07. The molecule has 8 nitrogen and oxygen atoms in total. The number of rotatable bonds is 4. The van der Waals surface area contributed by atoms with Crippen molar-refractivity contribution in [1.29, 1.82) is 0 Å². The summed E-state index contributed by atoms with van der Waals surface area (Å²) in [4.78, 5) is 39.5. The number of hydrogen-bond donors (Lipinski definition) is 1. The minimum absolute atomic E-state index is 0.129. The van der Waals surface area contributed by atoms with Crippen LogP contribution in [0.25, 0.3) is 5.69 Å². The van der Waals surface area contributed by atoms with Gasteiger partial charge in [-0.05, 0) is 50.5 Å². The molecule has 0 spiro atoms. The lowest BCUT2D eigenvalue weighted by Gasteiger charge is -2.30. The molecule has 1 aliphatic carbocycles. The van der Waals surface area contributed by atoms with Crippen LogP contribution in [0.2, 0.25) is 0 Å². The molecule has 0 fully saturated rings. The maximum Gasteiger partial charge on any atom is 0.359 e. The first-order valence-electron chi connectivity index (χ1n) is 10.6. The molecular weight excluding hydrogens is 408 g/mol. The van der Waals surface area contributed by atoms with E-state index in [1.165, 1.54) is 11.8 Å². The first kappa shape index (κ1) is 20.0. The Labute approximate surface area is 184 Å². The second-order valence-electron chi connectivity index (χ2n) is 7.91. The molecule has 0 saturated carbocycles. The normalized spacial score (nSPS) is 15.5. The van der Waals surface area contributed by atoms with Crippen LogP contribution in [0.5, 0.6) is 0 Å². The molecule has 3 aromatic rings. The van der Waals surface area contributed by atoms with Crippen LogP contribution in [0.4, 0.5) is 11.4 Å². The summed E-state index contributed by atoms with van der Waals surface area (Å²) in [6, 6.07) is 16.7. The smallest absolute Gasteiger partial charge is 0.359 e. The Morgan fingerprint density at radius 3 is 2.62 bits per heavy atom. The summed E-state index contributed by atoms with van der Waals surface area (Å²) in [6.45, 7) is 1.39. The Balaban J connectivity index is 1.38. The van der Waals surface area contributed by atoms with Crippen LogP contribution >= 0.6 is 0 Å². The van der Waals surface area contributed by atoms with Crippen molar-refractivity contribution in [2.45, 2.75) is 32.3 Å². The highest BCUT2D eigenvalue weighted by atomic mass is 16.5. The van der Waals surface area contributed by atoms with Crippen LogP contribution in [0.1, 0.15) is 35.1 Å². The van der Waals surface area contributed by atoms with Gasteiger partial charge in [-0.3, -0.25) is 14.5 Å². The number of esters is 1. The van der Waals surface area contributed by atoms with E-state index in [-0.39, 0.29) is 18.1 Å². The number of nitrogens with zero attached hydrogens (tertiary/aromatic N) is 3. The molecule has 1 aliphatic heterocycles. The lowest BCUT2D eigenvalue weighted by atomic mass is 10.1. The fourth-order valence-corrected chi connectivity index (χ4v) is 4.30. The van der Waals surface area contributed by atoms with Crippen molar-refractivity contribution in [3.63, 3.8) is 0 Å². The van der Waals surface area contributed by atoms with E-state index in [4.69, 9.17) is 4.74 Å². The molecule has 1 N–H and O–H groups in total. The van der Waals surface area contributed by atoms with Crippen LogP contribution in [0.3, 0.4) is 0 Å². The molecule has 0 unspecified atom stereocenters. The zero-order valence-electron chi connectivity index (χ0n) is 17.6. The van der Waals surface area contributed by atoms with E-state index in [1.54, 1.807) is 28.9 Å². The summed E-state index contributed by atoms with van der Waals surface area (Å²) in [7, 11) is 0. The van der Waals surface area contributed by atoms with Crippen LogP contribution < -0.4 is 10.2 Å². The molecule has 0 saturated heterocycles. The molecule has 1 atom stereocenters. The number of para-hydroxylation sites is 3. The molecular formula is C24H22N4O4. The van der Waals surface area contributed by atoms with Crippen LogP contribution in [0, 0.1) is 0 Å². The van der Waals surface area contributed by atoms with Crippen molar-refractivity contribution in [3.8, 4) is 5.69 Å². The third-order valence-electron chi connectivity index (χ3n) is 5.79. The number of amides is 2. The summed E-state index contributed by atoms with van der Waals surface area (Å²) in [6.07, 6.45) is 1.45. The van der Waals surface area contributed by atoms with E-state index >= 15 is 0 Å². The predicted octanol–water partition coefficient (Wildman–Crippen LogP) is 2.89. The highest BCUT2D eigenvalue weighted by Gasteiger charge is 2.34. The van der Waals surface area contributed by atoms with Crippen LogP contribution in [-0.4, -0.2) is 40.2 Å². The number of benzene rings is 2. The molecule has 162 valence electrons. The first-order valence-corrected chi connectivity index (χ1v) is 10.6. The summed E-state index contributed by atoms with van der Waals surface area (Å²) in [5.74, 6) is -1.39. The summed E-state index contributed by atoms with van der Waals surface area (Å²) in [5, 5.41) is 7.27. The van der Waals surface area contributed by atoms with Crippen LogP contribution in [0.15, 0.2) is 54.6 Å². The fourth-order valence-electron chi connectivity index (χ4n) is 4.30. The number of aromatic nitrogens is 2. The van der Waals surface area contributed by atoms with Gasteiger partial charge >= 0.3 is 5.97 Å². The van der Waals surface area contributed by atoms with Gasteiger partial charge in [0.05, 0.1) is 17.1 Å². The molecule has 2 aromatic carbocycles. The van der Waals surface area contributed by atoms with E-state index < -0.39 is 18.0 Å². The minimum Gasteiger partial charge on any atom is -0.448 e. The van der Waals surface area contributed by atoms with Gasteiger partial charge in [0, 0.05) is 11.3 Å². The largest absolute Gasteiger partial charge is 0.448 e.